The number of rotatable bonds is 6. The molecular formula is C39H45Br3Ti3. The van der Waals surface area contributed by atoms with Crippen LogP contribution in [0.15, 0.2) is 91.0 Å². The molecule has 0 radical (unpaired) electrons. The molecule has 6 aromatic carbocycles. The molecule has 0 heterocycles. The Balaban J connectivity index is -0.000000551. The molecule has 6 heteroatoms. The van der Waals surface area contributed by atoms with Gasteiger partial charge in [-0.2, -0.15) is 36.4 Å². The molecule has 0 fully saturated rings. The van der Waals surface area contributed by atoms with Crippen LogP contribution in [0.3, 0.4) is 0 Å². The van der Waals surface area contributed by atoms with Crippen molar-refractivity contribution in [3.63, 3.8) is 0 Å². The first-order chi connectivity index (χ1) is 19.1. The van der Waals surface area contributed by atoms with Crippen LogP contribution < -0.4 is 50.9 Å². The van der Waals surface area contributed by atoms with Crippen LogP contribution in [0.4, 0.5) is 0 Å². The number of halogens is 3. The second kappa shape index (κ2) is 25.1. The second-order valence-electron chi connectivity index (χ2n) is 10.3. The molecule has 45 heavy (non-hydrogen) atoms. The summed E-state index contributed by atoms with van der Waals surface area (Å²) >= 11 is 0. The minimum Gasteiger partial charge on any atom is -1.00 e. The van der Waals surface area contributed by atoms with Crippen LogP contribution in [0.5, 0.6) is 0 Å². The van der Waals surface area contributed by atoms with E-state index in [1.165, 1.54) is 65.7 Å². The third-order valence-electron chi connectivity index (χ3n) is 8.27. The Morgan fingerprint density at radius 2 is 0.533 bits per heavy atom. The van der Waals surface area contributed by atoms with Gasteiger partial charge in [0.1, 0.15) is 0 Å². The topological polar surface area (TPSA) is 0 Å². The summed E-state index contributed by atoms with van der Waals surface area (Å²) in [5.74, 6) is 0. The first kappa shape index (κ1) is 49.5. The van der Waals surface area contributed by atoms with Gasteiger partial charge in [-0.15, -0.1) is 85.4 Å². The molecule has 0 aromatic heterocycles. The first-order valence-corrected chi connectivity index (χ1v) is 15.1. The van der Waals surface area contributed by atoms with E-state index in [0.29, 0.717) is 0 Å². The monoisotopic (exact) mass is 894 g/mol. The molecule has 6 rings (SSSR count). The van der Waals surface area contributed by atoms with Crippen molar-refractivity contribution >= 4 is 32.3 Å². The Morgan fingerprint density at radius 1 is 0.333 bits per heavy atom. The summed E-state index contributed by atoms with van der Waals surface area (Å²) in [5, 5.41) is 8.68. The molecule has 0 spiro atoms. The normalized spacial score (nSPS) is 9.47. The molecule has 0 atom stereocenters. The van der Waals surface area contributed by atoms with Gasteiger partial charge in [0.05, 0.1) is 0 Å². The molecule has 0 amide bonds. The van der Waals surface area contributed by atoms with Gasteiger partial charge in [-0.25, -0.2) is 0 Å². The number of fused-ring (bicyclic) bond motifs is 3. The van der Waals surface area contributed by atoms with E-state index in [4.69, 9.17) is 0 Å². The van der Waals surface area contributed by atoms with Crippen LogP contribution in [0.2, 0.25) is 0 Å². The third-order valence-corrected chi connectivity index (χ3v) is 8.27. The Kier molecular flexibility index (Phi) is 27.6. The van der Waals surface area contributed by atoms with Crippen molar-refractivity contribution in [2.24, 2.45) is 0 Å². The maximum absolute atomic E-state index is 2.27. The fraction of sp³-hybridized carbons (Fsp3) is 0.308. The van der Waals surface area contributed by atoms with Crippen molar-refractivity contribution in [1.29, 1.82) is 0 Å². The summed E-state index contributed by atoms with van der Waals surface area (Å²) in [6.07, 6.45) is 6.78. The predicted molar refractivity (Wildman–Crippen MR) is 175 cm³/mol. The van der Waals surface area contributed by atoms with E-state index in [-0.39, 0.29) is 116 Å². The van der Waals surface area contributed by atoms with E-state index < -0.39 is 0 Å². The van der Waals surface area contributed by atoms with E-state index in [2.05, 4.69) is 133 Å². The van der Waals surface area contributed by atoms with Gasteiger partial charge in [0.15, 0.2) is 0 Å². The predicted octanol–water partition coefficient (Wildman–Crippen LogP) is 2.06. The molecule has 0 unspecified atom stereocenters. The van der Waals surface area contributed by atoms with Crippen LogP contribution in [-0.2, 0) is 104 Å². The zero-order valence-corrected chi connectivity index (χ0v) is 37.0. The first-order valence-electron chi connectivity index (χ1n) is 15.1. The average Bonchev–Trinajstić information content (AvgIpc) is 3.77. The van der Waals surface area contributed by atoms with Crippen molar-refractivity contribution in [3.8, 4) is 0 Å². The van der Waals surface area contributed by atoms with Crippen molar-refractivity contribution < 1.29 is 116 Å². The summed E-state index contributed by atoms with van der Waals surface area (Å²) in [4.78, 5) is 0. The van der Waals surface area contributed by atoms with Crippen LogP contribution in [0.1, 0.15) is 74.9 Å². The van der Waals surface area contributed by atoms with E-state index in [9.17, 15) is 0 Å². The molecular weight excluding hydrogens is 852 g/mol. The Bertz CT molecular complexity index is 1330. The minimum absolute atomic E-state index is 0. The van der Waals surface area contributed by atoms with Crippen molar-refractivity contribution in [2.75, 3.05) is 0 Å². The van der Waals surface area contributed by atoms with E-state index in [0.717, 1.165) is 38.5 Å². The van der Waals surface area contributed by atoms with Gasteiger partial charge in [0.2, 0.25) is 0 Å². The quantitative estimate of drug-likeness (QED) is 0.178. The largest absolute Gasteiger partial charge is 2.00 e. The van der Waals surface area contributed by atoms with Crippen LogP contribution in [0.25, 0.3) is 32.3 Å². The molecule has 234 valence electrons. The number of benzene rings is 3. The molecule has 0 nitrogen and oxygen atoms in total. The maximum Gasteiger partial charge on any atom is 2.00 e. The van der Waals surface area contributed by atoms with Gasteiger partial charge in [0.25, 0.3) is 0 Å². The Morgan fingerprint density at radius 3 is 0.733 bits per heavy atom. The van der Waals surface area contributed by atoms with Crippen LogP contribution in [0, 0.1) is 0 Å². The fourth-order valence-corrected chi connectivity index (χ4v) is 5.93. The van der Waals surface area contributed by atoms with Crippen molar-refractivity contribution in [2.45, 2.75) is 80.1 Å². The molecule has 0 saturated heterocycles. The van der Waals surface area contributed by atoms with E-state index in [1.807, 2.05) is 0 Å². The summed E-state index contributed by atoms with van der Waals surface area (Å²) in [6.45, 7) is 13.3. The molecule has 0 aliphatic rings. The average molecular weight is 897 g/mol. The summed E-state index contributed by atoms with van der Waals surface area (Å²) in [6, 6.07) is 33.4. The van der Waals surface area contributed by atoms with Gasteiger partial charge in [-0.1, -0.05) is 95.7 Å². The Labute approximate surface area is 349 Å². The summed E-state index contributed by atoms with van der Waals surface area (Å²) in [5.41, 5.74) is 8.82. The van der Waals surface area contributed by atoms with Gasteiger partial charge < -0.3 is 50.9 Å². The number of hydrogen-bond acceptors (Lipinski definition) is 0. The van der Waals surface area contributed by atoms with Crippen molar-refractivity contribution in [1.82, 2.24) is 0 Å². The SMILES string of the molecule is CCc1ccc(CC)c2[cH-]ccc12.CCc1ccc(CC)c2[cH-]ccc12.CCc1ccc(CC)c2[cH-]ccc12.[Br-].[Br-].[Br-].[Ti+2].[Ti+2].[Ti+2]. The summed E-state index contributed by atoms with van der Waals surface area (Å²) < 4.78 is 0. The van der Waals surface area contributed by atoms with Gasteiger partial charge in [-0.3, -0.25) is 0 Å². The molecule has 6 aromatic rings. The van der Waals surface area contributed by atoms with Gasteiger partial charge >= 0.3 is 65.2 Å². The second-order valence-corrected chi connectivity index (χ2v) is 10.3. The maximum atomic E-state index is 2.27. The van der Waals surface area contributed by atoms with Crippen LogP contribution in [-0.4, -0.2) is 0 Å². The van der Waals surface area contributed by atoms with Crippen molar-refractivity contribution in [3.05, 3.63) is 124 Å². The zero-order chi connectivity index (χ0) is 27.8. The molecule has 0 aliphatic carbocycles. The van der Waals surface area contributed by atoms with Gasteiger partial charge in [0, 0.05) is 0 Å². The van der Waals surface area contributed by atoms with Gasteiger partial charge in [-0.05, 0) is 19.3 Å². The number of aryl methyl sites for hydroxylation is 6. The fourth-order valence-electron chi connectivity index (χ4n) is 5.93. The number of hydrogen-bond donors (Lipinski definition) is 0. The van der Waals surface area contributed by atoms with E-state index >= 15 is 0 Å². The molecule has 0 aliphatic heterocycles. The summed E-state index contributed by atoms with van der Waals surface area (Å²) in [7, 11) is 0. The minimum atomic E-state index is 0. The molecule has 0 N–H and O–H groups in total. The zero-order valence-electron chi connectivity index (χ0n) is 27.5. The smallest absolute Gasteiger partial charge is 1.00 e. The molecule has 0 bridgehead atoms. The van der Waals surface area contributed by atoms with E-state index in [1.54, 1.807) is 0 Å². The Hall–Kier alpha value is 0.0729. The third kappa shape index (κ3) is 11.9. The molecule has 0 saturated carbocycles. The van der Waals surface area contributed by atoms with Crippen LogP contribution >= 0.6 is 0 Å². The standard InChI is InChI=1S/3C13H15.3BrH.3Ti/c3*1-3-10-8-9-11(4-2)13-7-5-6-12(10)13;;;;;;/h3*5-9H,3-4H2,1-2H3;3*1H;;;/q3*-1;;;;3*+2/p-3.